The largest absolute Gasteiger partial charge is 0.493 e. The molecule has 7 heteroatoms. The second kappa shape index (κ2) is 9.35. The Morgan fingerprint density at radius 1 is 1.18 bits per heavy atom. The van der Waals surface area contributed by atoms with E-state index in [9.17, 15) is 4.79 Å². The van der Waals surface area contributed by atoms with Crippen LogP contribution in [0, 0.1) is 0 Å². The summed E-state index contributed by atoms with van der Waals surface area (Å²) in [5.41, 5.74) is 2.76. The summed E-state index contributed by atoms with van der Waals surface area (Å²) in [6.45, 7) is 2.83. The summed E-state index contributed by atoms with van der Waals surface area (Å²) in [5.74, 6) is 1.79. The Morgan fingerprint density at radius 2 is 1.97 bits per heavy atom. The Kier molecular flexibility index (Phi) is 6.30. The lowest BCUT2D eigenvalue weighted by Gasteiger charge is -2.42. The van der Waals surface area contributed by atoms with Crippen molar-refractivity contribution in [1.29, 1.82) is 0 Å². The van der Waals surface area contributed by atoms with Crippen molar-refractivity contribution in [1.82, 2.24) is 10.1 Å². The van der Waals surface area contributed by atoms with Crippen LogP contribution in [0.2, 0.25) is 5.02 Å². The minimum atomic E-state index is 0.288. The number of halogens is 1. The molecule has 2 aliphatic heterocycles. The average Bonchev–Trinajstić information content (AvgIpc) is 3.35. The molecule has 2 aromatic carbocycles. The van der Waals surface area contributed by atoms with Gasteiger partial charge in [0.15, 0.2) is 17.1 Å². The van der Waals surface area contributed by atoms with E-state index in [0.29, 0.717) is 47.6 Å². The molecule has 2 saturated heterocycles. The van der Waals surface area contributed by atoms with E-state index in [1.54, 1.807) is 7.11 Å². The van der Waals surface area contributed by atoms with E-state index in [2.05, 4.69) is 17.0 Å². The van der Waals surface area contributed by atoms with Gasteiger partial charge in [0.2, 0.25) is 0 Å². The summed E-state index contributed by atoms with van der Waals surface area (Å²) < 4.78 is 17.2. The predicted octanol–water partition coefficient (Wildman–Crippen LogP) is 5.41. The maximum Gasteiger partial charge on any atom is 0.168 e. The van der Waals surface area contributed by atoms with Crippen molar-refractivity contribution in [3.63, 3.8) is 0 Å². The van der Waals surface area contributed by atoms with Crippen LogP contribution in [0.1, 0.15) is 49.8 Å². The third kappa shape index (κ3) is 4.34. The fraction of sp³-hybridized carbons (Fsp3) is 0.462. The van der Waals surface area contributed by atoms with Crippen molar-refractivity contribution in [3.8, 4) is 11.5 Å². The highest BCUT2D eigenvalue weighted by atomic mass is 35.5. The molecule has 6 nitrogen and oxygen atoms in total. The SMILES string of the molecule is COc1cc(CC=O)ccc1OCC(C)N1C2CCC1CC(c1noc3cc(Cl)ccc13)C2. The number of rotatable bonds is 8. The molecule has 0 N–H and O–H groups in total. The molecular weight excluding hydrogens is 440 g/mol. The summed E-state index contributed by atoms with van der Waals surface area (Å²) in [6, 6.07) is 12.8. The van der Waals surface area contributed by atoms with Crippen LogP contribution in [-0.2, 0) is 11.2 Å². The number of ether oxygens (including phenoxy) is 2. The first-order valence-corrected chi connectivity index (χ1v) is 12.0. The third-order valence-electron chi connectivity index (χ3n) is 7.17. The topological polar surface area (TPSA) is 64.8 Å². The number of benzene rings is 2. The molecule has 0 aliphatic carbocycles. The summed E-state index contributed by atoms with van der Waals surface area (Å²) >= 11 is 6.11. The van der Waals surface area contributed by atoms with Gasteiger partial charge < -0.3 is 18.8 Å². The highest BCUT2D eigenvalue weighted by molar-refractivity contribution is 6.31. The van der Waals surface area contributed by atoms with E-state index < -0.39 is 0 Å². The van der Waals surface area contributed by atoms with Gasteiger partial charge in [-0.1, -0.05) is 22.8 Å². The molecule has 174 valence electrons. The number of carbonyl (C=O) groups is 1. The molecule has 0 spiro atoms. The fourth-order valence-electron chi connectivity index (χ4n) is 5.73. The molecule has 3 aromatic rings. The van der Waals surface area contributed by atoms with Crippen LogP contribution < -0.4 is 9.47 Å². The number of hydrogen-bond acceptors (Lipinski definition) is 6. The first-order valence-electron chi connectivity index (χ1n) is 11.6. The highest BCUT2D eigenvalue weighted by Crippen LogP contribution is 2.45. The second-order valence-corrected chi connectivity index (χ2v) is 9.66. The minimum absolute atomic E-state index is 0.288. The fourth-order valence-corrected chi connectivity index (χ4v) is 5.89. The first-order chi connectivity index (χ1) is 16.1. The van der Waals surface area contributed by atoms with Crippen molar-refractivity contribution in [2.75, 3.05) is 13.7 Å². The maximum atomic E-state index is 10.8. The highest BCUT2D eigenvalue weighted by Gasteiger charge is 2.44. The molecule has 3 unspecified atom stereocenters. The number of hydrogen-bond donors (Lipinski definition) is 0. The van der Waals surface area contributed by atoms with Crippen molar-refractivity contribution >= 4 is 28.9 Å². The number of aldehydes is 1. The lowest BCUT2D eigenvalue weighted by atomic mass is 9.86. The van der Waals surface area contributed by atoms with Gasteiger partial charge in [-0.05, 0) is 62.4 Å². The molecule has 5 rings (SSSR count). The van der Waals surface area contributed by atoms with Crippen LogP contribution in [0.4, 0.5) is 0 Å². The van der Waals surface area contributed by atoms with E-state index in [0.717, 1.165) is 41.4 Å². The number of fused-ring (bicyclic) bond motifs is 3. The Hall–Kier alpha value is -2.57. The van der Waals surface area contributed by atoms with Crippen LogP contribution in [-0.4, -0.2) is 48.2 Å². The Morgan fingerprint density at radius 3 is 2.70 bits per heavy atom. The first kappa shape index (κ1) is 22.2. The number of carbonyl (C=O) groups excluding carboxylic acids is 1. The van der Waals surface area contributed by atoms with Crippen molar-refractivity contribution < 1.29 is 18.8 Å². The summed E-state index contributed by atoms with van der Waals surface area (Å²) in [4.78, 5) is 13.4. The molecule has 1 aromatic heterocycles. The predicted molar refractivity (Wildman–Crippen MR) is 127 cm³/mol. The van der Waals surface area contributed by atoms with Gasteiger partial charge in [-0.15, -0.1) is 0 Å². The standard InChI is InChI=1S/C26H29ClN2O4/c1-16(15-32-23-8-3-17(9-10-30)11-25(23)31-2)29-20-5-6-21(29)13-18(12-20)26-22-7-4-19(27)14-24(22)33-28-26/h3-4,7-8,10-11,14,16,18,20-21H,5-6,9,12-13,15H2,1-2H3. The number of nitrogens with zero attached hydrogens (tertiary/aromatic N) is 2. The number of aromatic nitrogens is 1. The van der Waals surface area contributed by atoms with Gasteiger partial charge in [-0.3, -0.25) is 4.90 Å². The second-order valence-electron chi connectivity index (χ2n) is 9.22. The van der Waals surface area contributed by atoms with Gasteiger partial charge in [0.25, 0.3) is 0 Å². The number of piperidine rings is 1. The Balaban J connectivity index is 1.26. The van der Waals surface area contributed by atoms with Gasteiger partial charge >= 0.3 is 0 Å². The quantitative estimate of drug-likeness (QED) is 0.412. The van der Waals surface area contributed by atoms with Crippen LogP contribution in [0.15, 0.2) is 40.9 Å². The van der Waals surface area contributed by atoms with E-state index in [1.807, 2.05) is 36.4 Å². The van der Waals surface area contributed by atoms with E-state index in [-0.39, 0.29) is 6.04 Å². The zero-order chi connectivity index (χ0) is 22.9. The summed E-state index contributed by atoms with van der Waals surface area (Å²) in [6.07, 6.45) is 5.84. The summed E-state index contributed by atoms with van der Waals surface area (Å²) in [7, 11) is 1.63. The lowest BCUT2D eigenvalue weighted by molar-refractivity contribution is -0.107. The lowest BCUT2D eigenvalue weighted by Crippen LogP contribution is -2.49. The normalized spacial score (nSPS) is 23.5. The van der Waals surface area contributed by atoms with Gasteiger partial charge in [0, 0.05) is 46.9 Å². The molecule has 3 heterocycles. The number of methoxy groups -OCH3 is 1. The molecule has 2 fully saturated rings. The Bertz CT molecular complexity index is 1130. The zero-order valence-corrected chi connectivity index (χ0v) is 19.8. The van der Waals surface area contributed by atoms with Crippen molar-refractivity contribution in [3.05, 3.63) is 52.7 Å². The molecule has 2 aliphatic rings. The molecule has 33 heavy (non-hydrogen) atoms. The monoisotopic (exact) mass is 468 g/mol. The molecular formula is C26H29ClN2O4. The van der Waals surface area contributed by atoms with Crippen LogP contribution in [0.3, 0.4) is 0 Å². The third-order valence-corrected chi connectivity index (χ3v) is 7.41. The van der Waals surface area contributed by atoms with E-state index in [4.69, 9.17) is 25.6 Å². The molecule has 0 saturated carbocycles. The van der Waals surface area contributed by atoms with Gasteiger partial charge in [0.05, 0.1) is 12.8 Å². The maximum absolute atomic E-state index is 10.8. The van der Waals surface area contributed by atoms with E-state index >= 15 is 0 Å². The van der Waals surface area contributed by atoms with Crippen LogP contribution in [0.5, 0.6) is 11.5 Å². The van der Waals surface area contributed by atoms with Gasteiger partial charge in [-0.25, -0.2) is 0 Å². The van der Waals surface area contributed by atoms with Crippen molar-refractivity contribution in [2.24, 2.45) is 0 Å². The van der Waals surface area contributed by atoms with Gasteiger partial charge in [-0.2, -0.15) is 0 Å². The average molecular weight is 469 g/mol. The molecule has 0 radical (unpaired) electrons. The van der Waals surface area contributed by atoms with E-state index in [1.165, 1.54) is 12.8 Å². The Labute approximate surface area is 198 Å². The zero-order valence-electron chi connectivity index (χ0n) is 19.0. The smallest absolute Gasteiger partial charge is 0.168 e. The summed E-state index contributed by atoms with van der Waals surface area (Å²) in [5, 5.41) is 6.18. The molecule has 0 amide bonds. The minimum Gasteiger partial charge on any atom is -0.493 e. The molecule has 3 atom stereocenters. The van der Waals surface area contributed by atoms with Gasteiger partial charge in [0.1, 0.15) is 12.9 Å². The van der Waals surface area contributed by atoms with Crippen LogP contribution >= 0.6 is 11.6 Å². The van der Waals surface area contributed by atoms with Crippen molar-refractivity contribution in [2.45, 2.75) is 63.1 Å². The molecule has 2 bridgehead atoms. The van der Waals surface area contributed by atoms with Crippen LogP contribution in [0.25, 0.3) is 11.0 Å².